The first-order chi connectivity index (χ1) is 5.04. The molecular weight excluding hydrogens is 275 g/mol. The average molecular weight is 282 g/mol. The van der Waals surface area contributed by atoms with Gasteiger partial charge in [0.15, 0.2) is 0 Å². The molecule has 0 aliphatic heterocycles. The van der Waals surface area contributed by atoms with E-state index < -0.39 is 5.97 Å². The third-order valence-corrected chi connectivity index (χ3v) is 3.75. The fourth-order valence-electron chi connectivity index (χ4n) is 0.830. The van der Waals surface area contributed by atoms with E-state index in [0.29, 0.717) is 5.56 Å². The third kappa shape index (κ3) is 1.56. The summed E-state index contributed by atoms with van der Waals surface area (Å²) >= 11 is 3.59. The molecule has 0 radical (unpaired) electrons. The van der Waals surface area contributed by atoms with E-state index in [9.17, 15) is 4.79 Å². The van der Waals surface area contributed by atoms with Gasteiger partial charge in [0.05, 0.1) is 8.45 Å². The number of carboxylic acid groups (broad SMARTS) is 1. The first-order valence-electron chi connectivity index (χ1n) is 3.02. The second-order valence-corrected chi connectivity index (χ2v) is 5.27. The van der Waals surface area contributed by atoms with Gasteiger partial charge in [-0.15, -0.1) is 11.3 Å². The van der Waals surface area contributed by atoms with Gasteiger partial charge in [0.1, 0.15) is 0 Å². The Labute approximate surface area is 82.4 Å². The second-order valence-electron chi connectivity index (χ2n) is 2.24. The van der Waals surface area contributed by atoms with Crippen LogP contribution in [0.15, 0.2) is 0 Å². The molecule has 11 heavy (non-hydrogen) atoms. The molecule has 0 fully saturated rings. The monoisotopic (exact) mass is 282 g/mol. The van der Waals surface area contributed by atoms with Crippen LogP contribution in [0.25, 0.3) is 0 Å². The highest BCUT2D eigenvalue weighted by Gasteiger charge is 2.15. The molecule has 1 aromatic heterocycles. The lowest BCUT2D eigenvalue weighted by Crippen LogP contribution is -1.98. The normalized spacial score (nSPS) is 10.1. The third-order valence-electron chi connectivity index (χ3n) is 1.56. The maximum Gasteiger partial charge on any atom is 0.337 e. The van der Waals surface area contributed by atoms with Crippen LogP contribution in [0.3, 0.4) is 0 Å². The van der Waals surface area contributed by atoms with Crippen LogP contribution in [0.2, 0.25) is 0 Å². The van der Waals surface area contributed by atoms with Crippen LogP contribution in [-0.2, 0) is 0 Å². The molecule has 0 spiro atoms. The van der Waals surface area contributed by atoms with Crippen LogP contribution in [0.4, 0.5) is 0 Å². The summed E-state index contributed by atoms with van der Waals surface area (Å²) in [6.45, 7) is 3.78. The molecule has 0 saturated heterocycles. The Morgan fingerprint density at radius 2 is 2.09 bits per heavy atom. The molecule has 2 nitrogen and oxygen atoms in total. The number of hydrogen-bond donors (Lipinski definition) is 1. The summed E-state index contributed by atoms with van der Waals surface area (Å²) in [5.41, 5.74) is 1.36. The van der Waals surface area contributed by atoms with Crippen molar-refractivity contribution >= 4 is 39.9 Å². The van der Waals surface area contributed by atoms with Crippen LogP contribution < -0.4 is 0 Å². The average Bonchev–Trinajstić information content (AvgIpc) is 2.07. The molecule has 1 N–H and O–H groups in total. The summed E-state index contributed by atoms with van der Waals surface area (Å²) < 4.78 is 0.866. The largest absolute Gasteiger partial charge is 0.478 e. The van der Waals surface area contributed by atoms with E-state index in [1.807, 2.05) is 13.8 Å². The molecule has 0 bridgehead atoms. The minimum Gasteiger partial charge on any atom is -0.478 e. The lowest BCUT2D eigenvalue weighted by atomic mass is 10.2. The molecule has 4 heteroatoms. The van der Waals surface area contributed by atoms with Crippen LogP contribution in [0.5, 0.6) is 0 Å². The van der Waals surface area contributed by atoms with Gasteiger partial charge in [0.2, 0.25) is 0 Å². The molecule has 60 valence electrons. The van der Waals surface area contributed by atoms with E-state index in [1.54, 1.807) is 0 Å². The van der Waals surface area contributed by atoms with Crippen molar-refractivity contribution in [3.05, 3.63) is 18.9 Å². The lowest BCUT2D eigenvalue weighted by molar-refractivity contribution is 0.0695. The van der Waals surface area contributed by atoms with Gasteiger partial charge in [-0.3, -0.25) is 0 Å². The molecule has 1 rings (SSSR count). The predicted octanol–water partition coefficient (Wildman–Crippen LogP) is 2.67. The Balaban J connectivity index is 3.34. The van der Waals surface area contributed by atoms with E-state index in [1.165, 1.54) is 11.3 Å². The molecule has 0 aliphatic rings. The first-order valence-corrected chi connectivity index (χ1v) is 4.92. The highest BCUT2D eigenvalue weighted by molar-refractivity contribution is 14.1. The van der Waals surface area contributed by atoms with Crippen molar-refractivity contribution in [2.75, 3.05) is 0 Å². The topological polar surface area (TPSA) is 37.3 Å². The van der Waals surface area contributed by atoms with Crippen LogP contribution >= 0.6 is 33.9 Å². The molecule has 0 amide bonds. The number of aryl methyl sites for hydroxylation is 1. The Morgan fingerprint density at radius 1 is 1.55 bits per heavy atom. The van der Waals surface area contributed by atoms with Crippen LogP contribution in [0, 0.1) is 16.7 Å². The van der Waals surface area contributed by atoms with Gasteiger partial charge in [-0.25, -0.2) is 4.79 Å². The minimum absolute atomic E-state index is 0.466. The van der Waals surface area contributed by atoms with Gasteiger partial charge >= 0.3 is 5.97 Å². The zero-order chi connectivity index (χ0) is 8.59. The molecule has 1 heterocycles. The molecule has 1 aromatic rings. The molecule has 0 aromatic carbocycles. The standard InChI is InChI=1S/C7H7IO2S/c1-3-4(2)11-6(8)5(3)7(9)10/h1-2H3,(H,9,10). The number of halogens is 1. The van der Waals surface area contributed by atoms with E-state index in [2.05, 4.69) is 22.6 Å². The van der Waals surface area contributed by atoms with Gasteiger partial charge in [0.25, 0.3) is 0 Å². The maximum absolute atomic E-state index is 10.7. The van der Waals surface area contributed by atoms with Crippen molar-refractivity contribution < 1.29 is 9.90 Å². The highest BCUT2D eigenvalue weighted by atomic mass is 127. The fourth-order valence-corrected chi connectivity index (χ4v) is 3.32. The SMILES string of the molecule is Cc1sc(I)c(C(=O)O)c1C. The van der Waals surface area contributed by atoms with E-state index >= 15 is 0 Å². The second kappa shape index (κ2) is 3.10. The van der Waals surface area contributed by atoms with Crippen molar-refractivity contribution in [1.82, 2.24) is 0 Å². The molecule has 0 saturated carbocycles. The van der Waals surface area contributed by atoms with E-state index in [4.69, 9.17) is 5.11 Å². The molecular formula is C7H7IO2S. The number of thiophene rings is 1. The number of rotatable bonds is 1. The van der Waals surface area contributed by atoms with Crippen LogP contribution in [0.1, 0.15) is 20.8 Å². The Kier molecular flexibility index (Phi) is 2.54. The van der Waals surface area contributed by atoms with E-state index in [0.717, 1.165) is 13.3 Å². The molecule has 0 aliphatic carbocycles. The summed E-state index contributed by atoms with van der Waals surface area (Å²) in [5.74, 6) is -0.823. The van der Waals surface area contributed by atoms with Crippen molar-refractivity contribution in [2.24, 2.45) is 0 Å². The van der Waals surface area contributed by atoms with Crippen molar-refractivity contribution in [2.45, 2.75) is 13.8 Å². The minimum atomic E-state index is -0.823. The summed E-state index contributed by atoms with van der Waals surface area (Å²) in [6, 6.07) is 0. The van der Waals surface area contributed by atoms with Gasteiger partial charge in [-0.2, -0.15) is 0 Å². The lowest BCUT2D eigenvalue weighted by Gasteiger charge is -1.92. The predicted molar refractivity (Wildman–Crippen MR) is 53.5 cm³/mol. The number of carboxylic acids is 1. The fraction of sp³-hybridized carbons (Fsp3) is 0.286. The Bertz CT molecular complexity index is 304. The smallest absolute Gasteiger partial charge is 0.337 e. The molecule has 0 unspecified atom stereocenters. The van der Waals surface area contributed by atoms with Gasteiger partial charge in [-0.05, 0) is 42.0 Å². The Morgan fingerprint density at radius 3 is 2.27 bits per heavy atom. The van der Waals surface area contributed by atoms with Gasteiger partial charge in [0, 0.05) is 4.88 Å². The van der Waals surface area contributed by atoms with Gasteiger partial charge < -0.3 is 5.11 Å². The van der Waals surface area contributed by atoms with E-state index in [-0.39, 0.29) is 0 Å². The first kappa shape index (κ1) is 8.99. The van der Waals surface area contributed by atoms with Gasteiger partial charge in [-0.1, -0.05) is 0 Å². The number of carbonyl (C=O) groups is 1. The quantitative estimate of drug-likeness (QED) is 0.804. The number of hydrogen-bond acceptors (Lipinski definition) is 2. The zero-order valence-electron chi connectivity index (χ0n) is 6.14. The van der Waals surface area contributed by atoms with Crippen molar-refractivity contribution in [1.29, 1.82) is 0 Å². The van der Waals surface area contributed by atoms with Crippen molar-refractivity contribution in [3.63, 3.8) is 0 Å². The van der Waals surface area contributed by atoms with Crippen molar-refractivity contribution in [3.8, 4) is 0 Å². The summed E-state index contributed by atoms with van der Waals surface area (Å²) in [5, 5.41) is 8.76. The Hall–Kier alpha value is -0.100. The van der Waals surface area contributed by atoms with Crippen LogP contribution in [-0.4, -0.2) is 11.1 Å². The highest BCUT2D eigenvalue weighted by Crippen LogP contribution is 2.28. The number of aromatic carboxylic acids is 1. The summed E-state index contributed by atoms with van der Waals surface area (Å²) in [6.07, 6.45) is 0. The molecule has 0 atom stereocenters. The summed E-state index contributed by atoms with van der Waals surface area (Å²) in [4.78, 5) is 11.7. The maximum atomic E-state index is 10.7. The zero-order valence-corrected chi connectivity index (χ0v) is 9.12. The summed E-state index contributed by atoms with van der Waals surface area (Å²) in [7, 11) is 0.